The zero-order chi connectivity index (χ0) is 14.6. The van der Waals surface area contributed by atoms with E-state index >= 15 is 0 Å². The monoisotopic (exact) mass is 304 g/mol. The molecule has 1 rings (SSSR count). The molecule has 7 heteroatoms. The van der Waals surface area contributed by atoms with Gasteiger partial charge in [-0.1, -0.05) is 26.3 Å². The average Bonchev–Trinajstić information content (AvgIpc) is 2.43. The van der Waals surface area contributed by atoms with Crippen LogP contribution in [0.25, 0.3) is 0 Å². The van der Waals surface area contributed by atoms with Crippen molar-refractivity contribution in [2.45, 2.75) is 32.4 Å². The summed E-state index contributed by atoms with van der Waals surface area (Å²) < 4.78 is 4.93. The molecule has 0 fully saturated rings. The van der Waals surface area contributed by atoms with Gasteiger partial charge in [0.15, 0.2) is 5.75 Å². The molecule has 20 heavy (non-hydrogen) atoms. The van der Waals surface area contributed by atoms with Crippen molar-refractivity contribution in [2.75, 3.05) is 7.11 Å². The Balaban J connectivity index is 0.00000361. The molecule has 3 atom stereocenters. The predicted octanol–water partition coefficient (Wildman–Crippen LogP) is 2.43. The van der Waals surface area contributed by atoms with Gasteiger partial charge < -0.3 is 15.6 Å². The number of rotatable bonds is 6. The number of hydrogen-bond donors (Lipinski definition) is 2. The Morgan fingerprint density at radius 1 is 1.50 bits per heavy atom. The van der Waals surface area contributed by atoms with Gasteiger partial charge in [0, 0.05) is 6.07 Å². The van der Waals surface area contributed by atoms with Crippen LogP contribution in [0.3, 0.4) is 0 Å². The highest BCUT2D eigenvalue weighted by molar-refractivity contribution is 5.85. The van der Waals surface area contributed by atoms with E-state index in [0.29, 0.717) is 5.56 Å². The van der Waals surface area contributed by atoms with Gasteiger partial charge in [0.25, 0.3) is 0 Å². The van der Waals surface area contributed by atoms with Gasteiger partial charge >= 0.3 is 5.69 Å². The number of hydrogen-bond acceptors (Lipinski definition) is 5. The Kier molecular flexibility index (Phi) is 7.49. The molecule has 0 heterocycles. The molecule has 1 unspecified atom stereocenters. The molecule has 0 aliphatic rings. The third-order valence-electron chi connectivity index (χ3n) is 3.38. The van der Waals surface area contributed by atoms with Gasteiger partial charge in [-0.15, -0.1) is 12.4 Å². The Morgan fingerprint density at radius 2 is 2.10 bits per heavy atom. The molecule has 1 aromatic rings. The molecule has 0 amide bonds. The largest absolute Gasteiger partial charge is 0.490 e. The number of nitro benzene ring substituents is 1. The lowest BCUT2D eigenvalue weighted by Gasteiger charge is -2.24. The molecule has 0 aromatic heterocycles. The van der Waals surface area contributed by atoms with Gasteiger partial charge in [-0.2, -0.15) is 0 Å². The molecule has 3 N–H and O–H groups in total. The fraction of sp³-hybridized carbons (Fsp3) is 0.538. The quantitative estimate of drug-likeness (QED) is 0.621. The van der Waals surface area contributed by atoms with E-state index in [9.17, 15) is 15.2 Å². The Labute approximate surface area is 124 Å². The van der Waals surface area contributed by atoms with Gasteiger partial charge in [-0.3, -0.25) is 10.1 Å². The van der Waals surface area contributed by atoms with E-state index in [2.05, 4.69) is 0 Å². The normalized spacial score (nSPS) is 14.8. The number of benzene rings is 1. The van der Waals surface area contributed by atoms with Crippen molar-refractivity contribution >= 4 is 18.1 Å². The lowest BCUT2D eigenvalue weighted by Crippen LogP contribution is -2.31. The lowest BCUT2D eigenvalue weighted by molar-refractivity contribution is -0.385. The Morgan fingerprint density at radius 3 is 2.55 bits per heavy atom. The van der Waals surface area contributed by atoms with Crippen LogP contribution in [0.15, 0.2) is 18.2 Å². The standard InChI is InChI=1S/C13H20N2O4.ClH/c1-4-8(2)13(16)12(14)9-5-6-11(19-3)10(7-9)15(17)18;/h5-8,12-13,16H,4,14H2,1-3H3;1H/t8?,12-,13+;/m0./s1. The van der Waals surface area contributed by atoms with E-state index in [-0.39, 0.29) is 29.8 Å². The van der Waals surface area contributed by atoms with Crippen LogP contribution in [-0.2, 0) is 0 Å². The molecule has 1 aromatic carbocycles. The first-order valence-electron chi connectivity index (χ1n) is 6.18. The van der Waals surface area contributed by atoms with Crippen molar-refractivity contribution in [3.63, 3.8) is 0 Å². The van der Waals surface area contributed by atoms with Crippen LogP contribution in [0, 0.1) is 16.0 Å². The second kappa shape index (κ2) is 8.04. The van der Waals surface area contributed by atoms with Gasteiger partial charge in [0.1, 0.15) is 0 Å². The minimum Gasteiger partial charge on any atom is -0.490 e. The van der Waals surface area contributed by atoms with Gasteiger partial charge in [-0.25, -0.2) is 0 Å². The number of methoxy groups -OCH3 is 1. The average molecular weight is 305 g/mol. The van der Waals surface area contributed by atoms with Crippen molar-refractivity contribution < 1.29 is 14.8 Å². The van der Waals surface area contributed by atoms with Crippen LogP contribution >= 0.6 is 12.4 Å². The van der Waals surface area contributed by atoms with Gasteiger partial charge in [0.2, 0.25) is 0 Å². The van der Waals surface area contributed by atoms with E-state index < -0.39 is 17.1 Å². The molecular weight excluding hydrogens is 284 g/mol. The molecule has 0 saturated heterocycles. The maximum atomic E-state index is 10.9. The summed E-state index contributed by atoms with van der Waals surface area (Å²) in [6.45, 7) is 3.85. The van der Waals surface area contributed by atoms with Crippen molar-refractivity contribution in [3.8, 4) is 5.75 Å². The fourth-order valence-corrected chi connectivity index (χ4v) is 1.85. The number of nitro groups is 1. The van der Waals surface area contributed by atoms with Crippen LogP contribution in [0.5, 0.6) is 5.75 Å². The van der Waals surface area contributed by atoms with Gasteiger partial charge in [-0.05, 0) is 17.5 Å². The lowest BCUT2D eigenvalue weighted by atomic mass is 9.91. The van der Waals surface area contributed by atoms with E-state index in [4.69, 9.17) is 10.5 Å². The summed E-state index contributed by atoms with van der Waals surface area (Å²) in [6, 6.07) is 3.84. The first-order valence-corrected chi connectivity index (χ1v) is 6.18. The summed E-state index contributed by atoms with van der Waals surface area (Å²) in [7, 11) is 1.37. The summed E-state index contributed by atoms with van der Waals surface area (Å²) in [6.07, 6.45) is 0.0469. The Bertz CT molecular complexity index is 456. The summed E-state index contributed by atoms with van der Waals surface area (Å²) in [5.41, 5.74) is 6.34. The van der Waals surface area contributed by atoms with Crippen LogP contribution < -0.4 is 10.5 Å². The maximum Gasteiger partial charge on any atom is 0.311 e. The highest BCUT2D eigenvalue weighted by atomic mass is 35.5. The first-order chi connectivity index (χ1) is 8.92. The number of nitrogens with zero attached hydrogens (tertiary/aromatic N) is 1. The number of ether oxygens (including phenoxy) is 1. The molecule has 114 valence electrons. The van der Waals surface area contributed by atoms with Crippen LogP contribution in [0.2, 0.25) is 0 Å². The molecule has 0 aliphatic carbocycles. The van der Waals surface area contributed by atoms with Gasteiger partial charge in [0.05, 0.1) is 24.2 Å². The second-order valence-corrected chi connectivity index (χ2v) is 4.59. The molecule has 0 bridgehead atoms. The van der Waals surface area contributed by atoms with Crippen molar-refractivity contribution in [1.29, 1.82) is 0 Å². The molecule has 0 aliphatic heterocycles. The van der Waals surface area contributed by atoms with Crippen molar-refractivity contribution in [2.24, 2.45) is 11.7 Å². The van der Waals surface area contributed by atoms with E-state index in [1.165, 1.54) is 19.2 Å². The zero-order valence-electron chi connectivity index (χ0n) is 11.8. The summed E-state index contributed by atoms with van der Waals surface area (Å²) in [5.74, 6) is 0.204. The highest BCUT2D eigenvalue weighted by Crippen LogP contribution is 2.31. The third kappa shape index (κ3) is 4.06. The predicted molar refractivity (Wildman–Crippen MR) is 79.3 cm³/mol. The Hall–Kier alpha value is -1.37. The molecule has 0 spiro atoms. The SMILES string of the molecule is CCC(C)[C@@H](O)[C@@H](N)c1ccc(OC)c([N+](=O)[O-])c1.Cl. The minimum absolute atomic E-state index is 0. The zero-order valence-corrected chi connectivity index (χ0v) is 12.6. The second-order valence-electron chi connectivity index (χ2n) is 4.59. The third-order valence-corrected chi connectivity index (χ3v) is 3.38. The summed E-state index contributed by atoms with van der Waals surface area (Å²) in [5, 5.41) is 21.0. The van der Waals surface area contributed by atoms with E-state index in [1.807, 2.05) is 13.8 Å². The maximum absolute atomic E-state index is 10.9. The fourth-order valence-electron chi connectivity index (χ4n) is 1.85. The summed E-state index contributed by atoms with van der Waals surface area (Å²) in [4.78, 5) is 10.4. The van der Waals surface area contributed by atoms with Crippen LogP contribution in [0.4, 0.5) is 5.69 Å². The van der Waals surface area contributed by atoms with Crippen LogP contribution in [-0.4, -0.2) is 23.2 Å². The topological polar surface area (TPSA) is 98.6 Å². The molecular formula is C13H21ClN2O4. The number of aliphatic hydroxyl groups is 1. The highest BCUT2D eigenvalue weighted by Gasteiger charge is 2.24. The summed E-state index contributed by atoms with van der Waals surface area (Å²) >= 11 is 0. The smallest absolute Gasteiger partial charge is 0.311 e. The number of nitrogens with two attached hydrogens (primary N) is 1. The van der Waals surface area contributed by atoms with Crippen molar-refractivity contribution in [3.05, 3.63) is 33.9 Å². The molecule has 0 saturated carbocycles. The molecule has 0 radical (unpaired) electrons. The first kappa shape index (κ1) is 18.6. The van der Waals surface area contributed by atoms with Crippen LogP contribution in [0.1, 0.15) is 31.9 Å². The number of halogens is 1. The van der Waals surface area contributed by atoms with E-state index in [1.54, 1.807) is 6.07 Å². The molecule has 6 nitrogen and oxygen atoms in total. The minimum atomic E-state index is -0.738. The van der Waals surface area contributed by atoms with Crippen molar-refractivity contribution in [1.82, 2.24) is 0 Å². The number of aliphatic hydroxyl groups excluding tert-OH is 1. The van der Waals surface area contributed by atoms with E-state index in [0.717, 1.165) is 6.42 Å².